The number of nitrogens with one attached hydrogen (secondary N) is 1. The third-order valence-electron chi connectivity index (χ3n) is 2.88. The Morgan fingerprint density at radius 2 is 2.05 bits per heavy atom. The number of β-amino-alcohol motifs (C(OH)–C–C–N with tert-alkyl or cyclic N) is 1. The first-order chi connectivity index (χ1) is 9.52. The van der Waals surface area contributed by atoms with Crippen LogP contribution in [0.2, 0.25) is 0 Å². The highest BCUT2D eigenvalue weighted by Crippen LogP contribution is 2.18. The summed E-state index contributed by atoms with van der Waals surface area (Å²) in [5.41, 5.74) is 7.71. The second-order valence-electron chi connectivity index (χ2n) is 4.38. The summed E-state index contributed by atoms with van der Waals surface area (Å²) in [5, 5.41) is 31.7. The van der Waals surface area contributed by atoms with Gasteiger partial charge in [-0.2, -0.15) is 5.10 Å². The van der Waals surface area contributed by atoms with Gasteiger partial charge < -0.3 is 15.9 Å². The summed E-state index contributed by atoms with van der Waals surface area (Å²) in [5.74, 6) is 0.166. The Kier molecular flexibility index (Phi) is 4.23. The van der Waals surface area contributed by atoms with Crippen molar-refractivity contribution in [3.63, 3.8) is 0 Å². The zero-order chi connectivity index (χ0) is 14.7. The second kappa shape index (κ2) is 5.91. The summed E-state index contributed by atoms with van der Waals surface area (Å²) >= 11 is 0. The Hall–Kier alpha value is -2.09. The predicted octanol–water partition coefficient (Wildman–Crippen LogP) is 0.370. The molecule has 7 heteroatoms. The van der Waals surface area contributed by atoms with Crippen LogP contribution in [0.1, 0.15) is 18.7 Å². The first kappa shape index (κ1) is 14.3. The number of nitrogens with zero attached hydrogens (tertiary/aromatic N) is 3. The third-order valence-corrected chi connectivity index (χ3v) is 2.88. The number of hydrazone groups is 1. The number of hydrogen-bond donors (Lipinski definition) is 4. The molecule has 1 atom stereocenters. The van der Waals surface area contributed by atoms with E-state index in [0.29, 0.717) is 22.7 Å². The van der Waals surface area contributed by atoms with Gasteiger partial charge in [-0.15, -0.1) is 0 Å². The molecule has 20 heavy (non-hydrogen) atoms. The smallest absolute Gasteiger partial charge is 0.169 e. The van der Waals surface area contributed by atoms with Crippen LogP contribution >= 0.6 is 0 Å². The van der Waals surface area contributed by atoms with Crippen molar-refractivity contribution in [1.29, 1.82) is 5.41 Å². The maximum atomic E-state index is 9.24. The summed E-state index contributed by atoms with van der Waals surface area (Å²) in [4.78, 5) is 4.37. The van der Waals surface area contributed by atoms with E-state index in [4.69, 9.17) is 16.2 Å². The van der Waals surface area contributed by atoms with Crippen LogP contribution in [0, 0.1) is 5.41 Å². The molecule has 1 aromatic carbocycles. The Morgan fingerprint density at radius 3 is 2.60 bits per heavy atom. The summed E-state index contributed by atoms with van der Waals surface area (Å²) < 4.78 is 0. The van der Waals surface area contributed by atoms with Crippen LogP contribution in [-0.2, 0) is 0 Å². The number of hydrogen-bond acceptors (Lipinski definition) is 6. The number of aliphatic hydroxyl groups is 2. The highest BCUT2D eigenvalue weighted by Gasteiger charge is 2.25. The van der Waals surface area contributed by atoms with Crippen LogP contribution in [0.4, 0.5) is 5.69 Å². The van der Waals surface area contributed by atoms with Crippen molar-refractivity contribution in [2.24, 2.45) is 15.8 Å². The lowest BCUT2D eigenvalue weighted by Gasteiger charge is -2.11. The van der Waals surface area contributed by atoms with E-state index in [9.17, 15) is 5.11 Å². The van der Waals surface area contributed by atoms with Crippen LogP contribution < -0.4 is 5.73 Å². The fraction of sp³-hybridized carbons (Fsp3) is 0.308. The van der Waals surface area contributed by atoms with Crippen LogP contribution in [0.5, 0.6) is 0 Å². The van der Waals surface area contributed by atoms with E-state index in [1.54, 1.807) is 31.2 Å². The monoisotopic (exact) mass is 275 g/mol. The number of benzene rings is 1. The minimum atomic E-state index is -1.01. The van der Waals surface area contributed by atoms with Crippen molar-refractivity contribution in [2.45, 2.75) is 13.2 Å². The maximum Gasteiger partial charge on any atom is 0.169 e. The SMILES string of the molecule is CC1=NN(CCO)C(=N)C1=Nc1ccc(C(N)O)cc1. The second-order valence-corrected chi connectivity index (χ2v) is 4.38. The number of nitrogens with two attached hydrogens (primary N) is 1. The van der Waals surface area contributed by atoms with Crippen molar-refractivity contribution in [2.75, 3.05) is 13.2 Å². The van der Waals surface area contributed by atoms with E-state index in [-0.39, 0.29) is 19.0 Å². The molecule has 0 saturated heterocycles. The molecule has 1 aromatic rings. The molecule has 0 fully saturated rings. The van der Waals surface area contributed by atoms with Gasteiger partial charge in [0, 0.05) is 0 Å². The Bertz CT molecular complexity index is 563. The molecule has 2 rings (SSSR count). The van der Waals surface area contributed by atoms with E-state index in [0.717, 1.165) is 0 Å². The lowest BCUT2D eigenvalue weighted by Crippen LogP contribution is -2.28. The molecule has 1 aliphatic rings. The van der Waals surface area contributed by atoms with Crippen molar-refractivity contribution in [3.8, 4) is 0 Å². The highest BCUT2D eigenvalue weighted by atomic mass is 16.3. The van der Waals surface area contributed by atoms with Gasteiger partial charge in [0.15, 0.2) is 5.84 Å². The van der Waals surface area contributed by atoms with Gasteiger partial charge in [-0.05, 0) is 24.6 Å². The minimum Gasteiger partial charge on any atom is -0.394 e. The molecular formula is C13H17N5O2. The highest BCUT2D eigenvalue weighted by molar-refractivity contribution is 6.69. The maximum absolute atomic E-state index is 9.24. The molecule has 1 unspecified atom stereocenters. The van der Waals surface area contributed by atoms with Gasteiger partial charge in [0.2, 0.25) is 0 Å². The predicted molar refractivity (Wildman–Crippen MR) is 77.3 cm³/mol. The topological polar surface area (TPSA) is 118 Å². The first-order valence-corrected chi connectivity index (χ1v) is 6.18. The lowest BCUT2D eigenvalue weighted by atomic mass is 10.2. The number of aliphatic imine (C=N–C) groups is 1. The van der Waals surface area contributed by atoms with Crippen LogP contribution in [0.25, 0.3) is 0 Å². The quantitative estimate of drug-likeness (QED) is 0.593. The van der Waals surface area contributed by atoms with E-state index < -0.39 is 6.23 Å². The lowest BCUT2D eigenvalue weighted by molar-refractivity contribution is 0.186. The Balaban J connectivity index is 2.23. The van der Waals surface area contributed by atoms with E-state index in [1.807, 2.05) is 0 Å². The molecule has 0 amide bonds. The first-order valence-electron chi connectivity index (χ1n) is 6.18. The fourth-order valence-corrected chi connectivity index (χ4v) is 1.84. The van der Waals surface area contributed by atoms with E-state index in [2.05, 4.69) is 10.1 Å². The molecule has 0 radical (unpaired) electrons. The van der Waals surface area contributed by atoms with Gasteiger partial charge in [0.25, 0.3) is 0 Å². The van der Waals surface area contributed by atoms with Crippen LogP contribution in [0.15, 0.2) is 34.4 Å². The molecule has 1 aliphatic heterocycles. The molecule has 0 aromatic heterocycles. The zero-order valence-electron chi connectivity index (χ0n) is 11.1. The summed E-state index contributed by atoms with van der Waals surface area (Å²) in [6, 6.07) is 6.79. The van der Waals surface area contributed by atoms with Crippen molar-refractivity contribution in [3.05, 3.63) is 29.8 Å². The Labute approximate surface area is 116 Å². The third kappa shape index (κ3) is 2.90. The van der Waals surface area contributed by atoms with Gasteiger partial charge >= 0.3 is 0 Å². The molecule has 1 heterocycles. The fourth-order valence-electron chi connectivity index (χ4n) is 1.84. The largest absolute Gasteiger partial charge is 0.394 e. The van der Waals surface area contributed by atoms with Gasteiger partial charge in [0.1, 0.15) is 11.9 Å². The van der Waals surface area contributed by atoms with Crippen molar-refractivity contribution < 1.29 is 10.2 Å². The molecular weight excluding hydrogens is 258 g/mol. The van der Waals surface area contributed by atoms with Gasteiger partial charge in [-0.25, -0.2) is 10.0 Å². The zero-order valence-corrected chi connectivity index (χ0v) is 11.1. The average Bonchev–Trinajstić information content (AvgIpc) is 2.68. The molecule has 7 nitrogen and oxygen atoms in total. The van der Waals surface area contributed by atoms with Crippen LogP contribution in [0.3, 0.4) is 0 Å². The standard InChI is InChI=1S/C13H17N5O2/c1-8-11(12(14)18(17-8)6-7-19)16-10-4-2-9(3-5-10)13(15)20/h2-5,13-14,19-20H,6-7,15H2,1H3. The summed E-state index contributed by atoms with van der Waals surface area (Å²) in [7, 11) is 0. The Morgan fingerprint density at radius 1 is 1.40 bits per heavy atom. The molecule has 106 valence electrons. The molecule has 0 spiro atoms. The van der Waals surface area contributed by atoms with Gasteiger partial charge in [-0.1, -0.05) is 12.1 Å². The van der Waals surface area contributed by atoms with Crippen LogP contribution in [-0.4, -0.2) is 45.6 Å². The number of rotatable bonds is 4. The number of amidine groups is 1. The average molecular weight is 275 g/mol. The summed E-state index contributed by atoms with van der Waals surface area (Å²) in [6.45, 7) is 1.96. The summed E-state index contributed by atoms with van der Waals surface area (Å²) in [6.07, 6.45) is -1.01. The molecule has 0 bridgehead atoms. The number of aliphatic hydroxyl groups excluding tert-OH is 2. The van der Waals surface area contributed by atoms with Crippen molar-refractivity contribution >= 4 is 22.9 Å². The van der Waals surface area contributed by atoms with Crippen molar-refractivity contribution in [1.82, 2.24) is 5.01 Å². The normalized spacial score (nSPS) is 18.6. The van der Waals surface area contributed by atoms with E-state index in [1.165, 1.54) is 5.01 Å². The van der Waals surface area contributed by atoms with E-state index >= 15 is 0 Å². The van der Waals surface area contributed by atoms with Gasteiger partial charge in [0.05, 0.1) is 24.6 Å². The molecule has 0 aliphatic carbocycles. The molecule has 0 saturated carbocycles. The van der Waals surface area contributed by atoms with Gasteiger partial charge in [-0.3, -0.25) is 5.41 Å². The molecule has 5 N–H and O–H groups in total. The minimum absolute atomic E-state index is 0.0739.